The number of carbonyl (C=O) groups is 1. The molecule has 0 bridgehead atoms. The maximum absolute atomic E-state index is 12.8. The molecule has 0 saturated heterocycles. The highest BCUT2D eigenvalue weighted by atomic mass is 32.2. The summed E-state index contributed by atoms with van der Waals surface area (Å²) in [6, 6.07) is 25.1. The summed E-state index contributed by atoms with van der Waals surface area (Å²) in [6.07, 6.45) is 0. The zero-order valence-electron chi connectivity index (χ0n) is 17.6. The number of alkyl halides is 2. The lowest BCUT2D eigenvalue weighted by atomic mass is 10.2. The monoisotopic (exact) mass is 466 g/mol. The molecule has 0 aliphatic carbocycles. The van der Waals surface area contributed by atoms with Crippen molar-refractivity contribution in [3.8, 4) is 22.8 Å². The molecule has 9 heteroatoms. The number of carbonyl (C=O) groups excluding carboxylic acids is 1. The highest BCUT2D eigenvalue weighted by molar-refractivity contribution is 8.00. The van der Waals surface area contributed by atoms with Crippen molar-refractivity contribution in [3.05, 3.63) is 84.9 Å². The van der Waals surface area contributed by atoms with Gasteiger partial charge in [-0.05, 0) is 43.3 Å². The van der Waals surface area contributed by atoms with E-state index in [9.17, 15) is 13.6 Å². The van der Waals surface area contributed by atoms with Gasteiger partial charge in [-0.15, -0.1) is 10.2 Å². The number of nitrogens with zero attached hydrogens (tertiary/aromatic N) is 3. The van der Waals surface area contributed by atoms with Gasteiger partial charge >= 0.3 is 6.61 Å². The highest BCUT2D eigenvalue weighted by Gasteiger charge is 2.22. The number of thioether (sulfide) groups is 1. The number of benzene rings is 3. The van der Waals surface area contributed by atoms with E-state index in [4.69, 9.17) is 0 Å². The number of anilines is 1. The van der Waals surface area contributed by atoms with Gasteiger partial charge in [0.2, 0.25) is 5.91 Å². The van der Waals surface area contributed by atoms with Gasteiger partial charge in [0.15, 0.2) is 11.0 Å². The van der Waals surface area contributed by atoms with E-state index < -0.39 is 11.9 Å². The maximum atomic E-state index is 12.8. The second-order valence-corrected chi connectivity index (χ2v) is 8.30. The summed E-state index contributed by atoms with van der Waals surface area (Å²) in [7, 11) is 0. The molecule has 4 rings (SSSR count). The Kier molecular flexibility index (Phi) is 6.99. The molecular weight excluding hydrogens is 446 g/mol. The molecule has 6 nitrogen and oxygen atoms in total. The van der Waals surface area contributed by atoms with Crippen LogP contribution < -0.4 is 10.1 Å². The second-order valence-electron chi connectivity index (χ2n) is 7.00. The molecule has 0 aliphatic heterocycles. The van der Waals surface area contributed by atoms with Crippen LogP contribution in [0.25, 0.3) is 17.1 Å². The van der Waals surface area contributed by atoms with Gasteiger partial charge in [-0.3, -0.25) is 9.36 Å². The fraction of sp³-hybridized carbons (Fsp3) is 0.125. The van der Waals surface area contributed by atoms with E-state index in [0.29, 0.717) is 16.7 Å². The van der Waals surface area contributed by atoms with E-state index in [1.807, 2.05) is 65.2 Å². The predicted octanol–water partition coefficient (Wildman–Crippen LogP) is 5.66. The van der Waals surface area contributed by atoms with Crippen molar-refractivity contribution in [2.75, 3.05) is 5.32 Å². The first-order valence-corrected chi connectivity index (χ1v) is 11.0. The van der Waals surface area contributed by atoms with Gasteiger partial charge < -0.3 is 10.1 Å². The Bertz CT molecular complexity index is 1200. The van der Waals surface area contributed by atoms with Crippen LogP contribution in [0.2, 0.25) is 0 Å². The van der Waals surface area contributed by atoms with Crippen molar-refractivity contribution in [2.24, 2.45) is 0 Å². The standard InChI is InChI=1S/C24H20F2N4O2S/c1-16(22(31)27-18-12-14-20(15-13-18)32-23(25)26)33-24-29-28-21(17-8-4-2-5-9-17)30(24)19-10-6-3-7-11-19/h2-16,23H,1H3,(H,27,31). The van der Waals surface area contributed by atoms with Crippen LogP contribution in [-0.4, -0.2) is 32.5 Å². The molecule has 1 aromatic heterocycles. The molecule has 1 unspecified atom stereocenters. The average molecular weight is 467 g/mol. The van der Waals surface area contributed by atoms with Crippen molar-refractivity contribution < 1.29 is 18.3 Å². The van der Waals surface area contributed by atoms with E-state index in [-0.39, 0.29) is 11.7 Å². The van der Waals surface area contributed by atoms with Gasteiger partial charge in [-0.25, -0.2) is 0 Å². The zero-order valence-corrected chi connectivity index (χ0v) is 18.4. The Morgan fingerprint density at radius 3 is 2.21 bits per heavy atom. The maximum Gasteiger partial charge on any atom is 0.387 e. The second kappa shape index (κ2) is 10.3. The number of nitrogens with one attached hydrogen (secondary N) is 1. The number of rotatable bonds is 8. The molecule has 0 saturated carbocycles. The van der Waals surface area contributed by atoms with E-state index >= 15 is 0 Å². The van der Waals surface area contributed by atoms with E-state index in [1.165, 1.54) is 36.0 Å². The topological polar surface area (TPSA) is 69.0 Å². The van der Waals surface area contributed by atoms with Gasteiger partial charge in [-0.2, -0.15) is 8.78 Å². The Hall–Kier alpha value is -3.72. The zero-order chi connectivity index (χ0) is 23.2. The van der Waals surface area contributed by atoms with Crippen LogP contribution >= 0.6 is 11.8 Å². The fourth-order valence-electron chi connectivity index (χ4n) is 3.11. The van der Waals surface area contributed by atoms with E-state index in [0.717, 1.165) is 11.3 Å². The number of ether oxygens (including phenoxy) is 1. The SMILES string of the molecule is CC(Sc1nnc(-c2ccccc2)n1-c1ccccc1)C(=O)Nc1ccc(OC(F)F)cc1. The smallest absolute Gasteiger partial charge is 0.387 e. The largest absolute Gasteiger partial charge is 0.435 e. The molecule has 1 atom stereocenters. The number of hydrogen-bond acceptors (Lipinski definition) is 5. The van der Waals surface area contributed by atoms with Crippen LogP contribution in [0.1, 0.15) is 6.92 Å². The van der Waals surface area contributed by atoms with Gasteiger partial charge in [-0.1, -0.05) is 60.3 Å². The van der Waals surface area contributed by atoms with Crippen molar-refractivity contribution in [1.82, 2.24) is 14.8 Å². The first-order valence-electron chi connectivity index (χ1n) is 10.1. The molecular formula is C24H20F2N4O2S. The van der Waals surface area contributed by atoms with Crippen molar-refractivity contribution >= 4 is 23.4 Å². The summed E-state index contributed by atoms with van der Waals surface area (Å²) >= 11 is 1.27. The van der Waals surface area contributed by atoms with Crippen molar-refractivity contribution in [3.63, 3.8) is 0 Å². The van der Waals surface area contributed by atoms with Crippen LogP contribution in [-0.2, 0) is 4.79 Å². The quantitative estimate of drug-likeness (QED) is 0.340. The number of para-hydroxylation sites is 1. The summed E-state index contributed by atoms with van der Waals surface area (Å²) in [5, 5.41) is 11.6. The summed E-state index contributed by atoms with van der Waals surface area (Å²) in [5.41, 5.74) is 2.26. The predicted molar refractivity (Wildman–Crippen MR) is 124 cm³/mol. The van der Waals surface area contributed by atoms with Gasteiger partial charge in [0.25, 0.3) is 0 Å². The van der Waals surface area contributed by atoms with E-state index in [1.54, 1.807) is 6.92 Å². The summed E-state index contributed by atoms with van der Waals surface area (Å²) in [4.78, 5) is 12.8. The van der Waals surface area contributed by atoms with Crippen LogP contribution in [0, 0.1) is 0 Å². The molecule has 0 aliphatic rings. The molecule has 33 heavy (non-hydrogen) atoms. The molecule has 1 N–H and O–H groups in total. The lowest BCUT2D eigenvalue weighted by Gasteiger charge is -2.14. The summed E-state index contributed by atoms with van der Waals surface area (Å²) < 4.78 is 30.8. The lowest BCUT2D eigenvalue weighted by molar-refractivity contribution is -0.115. The van der Waals surface area contributed by atoms with Gasteiger partial charge in [0.05, 0.1) is 5.25 Å². The number of amides is 1. The average Bonchev–Trinajstić information content (AvgIpc) is 3.24. The summed E-state index contributed by atoms with van der Waals surface area (Å²) in [5.74, 6) is 0.438. The molecule has 1 heterocycles. The van der Waals surface area contributed by atoms with Gasteiger partial charge in [0, 0.05) is 16.9 Å². The third-order valence-electron chi connectivity index (χ3n) is 4.68. The molecule has 0 radical (unpaired) electrons. The number of halogens is 2. The van der Waals surface area contributed by atoms with Crippen molar-refractivity contribution in [2.45, 2.75) is 23.9 Å². The van der Waals surface area contributed by atoms with E-state index in [2.05, 4.69) is 20.3 Å². The molecule has 3 aromatic carbocycles. The minimum absolute atomic E-state index is 0.0230. The molecule has 1 amide bonds. The number of aromatic nitrogens is 3. The molecule has 168 valence electrons. The first-order chi connectivity index (χ1) is 16.0. The Labute approximate surface area is 193 Å². The van der Waals surface area contributed by atoms with Crippen LogP contribution in [0.4, 0.5) is 14.5 Å². The Morgan fingerprint density at radius 1 is 0.939 bits per heavy atom. The minimum Gasteiger partial charge on any atom is -0.435 e. The van der Waals surface area contributed by atoms with Crippen LogP contribution in [0.15, 0.2) is 90.1 Å². The Balaban J connectivity index is 1.53. The summed E-state index contributed by atoms with van der Waals surface area (Å²) in [6.45, 7) is -1.13. The first kappa shape index (κ1) is 22.5. The lowest BCUT2D eigenvalue weighted by Crippen LogP contribution is -2.22. The highest BCUT2D eigenvalue weighted by Crippen LogP contribution is 2.30. The Morgan fingerprint density at radius 2 is 1.58 bits per heavy atom. The third kappa shape index (κ3) is 5.56. The van der Waals surface area contributed by atoms with Crippen molar-refractivity contribution in [1.29, 1.82) is 0 Å². The number of hydrogen-bond donors (Lipinski definition) is 1. The third-order valence-corrected chi connectivity index (χ3v) is 5.72. The van der Waals surface area contributed by atoms with Crippen LogP contribution in [0.5, 0.6) is 5.75 Å². The normalized spacial score (nSPS) is 11.9. The molecule has 0 spiro atoms. The van der Waals surface area contributed by atoms with Crippen LogP contribution in [0.3, 0.4) is 0 Å². The minimum atomic E-state index is -2.90. The fourth-order valence-corrected chi connectivity index (χ4v) is 3.97. The molecule has 0 fully saturated rings. The van der Waals surface area contributed by atoms with Gasteiger partial charge in [0.1, 0.15) is 5.75 Å². The molecule has 4 aromatic rings.